The predicted octanol–water partition coefficient (Wildman–Crippen LogP) is 5.05. The normalized spacial score (nSPS) is 19.5. The summed E-state index contributed by atoms with van der Waals surface area (Å²) in [6.07, 6.45) is 1.22. The van der Waals surface area contributed by atoms with Crippen LogP contribution in [0.5, 0.6) is 0 Å². The molecule has 2 aromatic carbocycles. The number of hydrogen-bond acceptors (Lipinski definition) is 5. The molecule has 0 radical (unpaired) electrons. The Labute approximate surface area is 203 Å². The van der Waals surface area contributed by atoms with E-state index in [-0.39, 0.29) is 11.7 Å². The van der Waals surface area contributed by atoms with Crippen molar-refractivity contribution in [2.45, 2.75) is 30.4 Å². The van der Waals surface area contributed by atoms with Crippen molar-refractivity contribution in [2.75, 3.05) is 19.8 Å². The molecule has 0 aliphatic carbocycles. The van der Waals surface area contributed by atoms with Gasteiger partial charge in [0, 0.05) is 29.4 Å². The second-order valence-electron chi connectivity index (χ2n) is 8.86. The molecular formula is C26H27NO5S2. The first-order chi connectivity index (χ1) is 16.1. The molecule has 1 aliphatic heterocycles. The largest absolute Gasteiger partial charge is 0.481 e. The number of thiophene rings is 1. The van der Waals surface area contributed by atoms with E-state index >= 15 is 0 Å². The molecule has 1 aromatic heterocycles. The van der Waals surface area contributed by atoms with Crippen LogP contribution in [-0.4, -0.2) is 50.1 Å². The second-order valence-corrected chi connectivity index (χ2v) is 12.4. The van der Waals surface area contributed by atoms with Crippen molar-refractivity contribution in [1.82, 2.24) is 4.90 Å². The number of carboxylic acids is 1. The van der Waals surface area contributed by atoms with Gasteiger partial charge in [0.15, 0.2) is 9.84 Å². The molecular weight excluding hydrogens is 470 g/mol. The molecule has 3 aromatic rings. The minimum Gasteiger partial charge on any atom is -0.481 e. The molecule has 1 N–H and O–H groups in total. The fourth-order valence-corrected chi connectivity index (χ4v) is 8.27. The Kier molecular flexibility index (Phi) is 6.64. The number of sulfone groups is 1. The average Bonchev–Trinajstić information content (AvgIpc) is 3.31. The van der Waals surface area contributed by atoms with Crippen LogP contribution in [0.4, 0.5) is 0 Å². The fraction of sp³-hybridized carbons (Fsp3) is 0.308. The van der Waals surface area contributed by atoms with Gasteiger partial charge in [0.2, 0.25) is 0 Å². The zero-order valence-corrected chi connectivity index (χ0v) is 20.8. The molecule has 0 bridgehead atoms. The van der Waals surface area contributed by atoms with Crippen molar-refractivity contribution in [3.05, 3.63) is 71.1 Å². The van der Waals surface area contributed by atoms with Crippen LogP contribution in [0.25, 0.3) is 21.6 Å². The third-order valence-electron chi connectivity index (χ3n) is 6.37. The number of aliphatic carboxylic acids is 1. The third-order valence-corrected chi connectivity index (χ3v) is 10.4. The highest BCUT2D eigenvalue weighted by atomic mass is 32.2. The van der Waals surface area contributed by atoms with Crippen LogP contribution in [0, 0.1) is 0 Å². The summed E-state index contributed by atoms with van der Waals surface area (Å²) in [5.74, 6) is -1.11. The number of carbonyl (C=O) groups excluding carboxylic acids is 1. The number of hydrogen-bond donors (Lipinski definition) is 1. The second kappa shape index (κ2) is 9.35. The van der Waals surface area contributed by atoms with Crippen molar-refractivity contribution in [1.29, 1.82) is 0 Å². The Morgan fingerprint density at radius 1 is 0.912 bits per heavy atom. The van der Waals surface area contributed by atoms with Crippen LogP contribution in [0.2, 0.25) is 0 Å². The van der Waals surface area contributed by atoms with E-state index in [4.69, 9.17) is 0 Å². The predicted molar refractivity (Wildman–Crippen MR) is 135 cm³/mol. The molecule has 1 aliphatic rings. The van der Waals surface area contributed by atoms with E-state index in [1.807, 2.05) is 54.6 Å². The first-order valence-electron chi connectivity index (χ1n) is 11.1. The molecule has 1 amide bonds. The highest BCUT2D eigenvalue weighted by Crippen LogP contribution is 2.47. The summed E-state index contributed by atoms with van der Waals surface area (Å²) in [5.41, 5.74) is 3.56. The van der Waals surface area contributed by atoms with Gasteiger partial charge in [-0.1, -0.05) is 42.8 Å². The monoisotopic (exact) mass is 497 g/mol. The van der Waals surface area contributed by atoms with Gasteiger partial charge in [0.25, 0.3) is 5.91 Å². The number of benzene rings is 2. The number of amides is 1. The average molecular weight is 498 g/mol. The van der Waals surface area contributed by atoms with E-state index in [1.165, 1.54) is 16.2 Å². The molecule has 1 saturated heterocycles. The summed E-state index contributed by atoms with van der Waals surface area (Å²) >= 11 is 1.36. The van der Waals surface area contributed by atoms with Gasteiger partial charge in [0.1, 0.15) is 4.75 Å². The molecule has 8 heteroatoms. The molecule has 2 heterocycles. The summed E-state index contributed by atoms with van der Waals surface area (Å²) in [6.45, 7) is 0. The van der Waals surface area contributed by atoms with E-state index in [9.17, 15) is 23.1 Å². The maximum absolute atomic E-state index is 13.0. The maximum Gasteiger partial charge on any atom is 0.305 e. The quantitative estimate of drug-likeness (QED) is 0.514. The Balaban J connectivity index is 1.61. The summed E-state index contributed by atoms with van der Waals surface area (Å²) in [6, 6.07) is 19.0. The minimum absolute atomic E-state index is 0.0289. The van der Waals surface area contributed by atoms with Crippen molar-refractivity contribution in [2.24, 2.45) is 0 Å². The first kappa shape index (κ1) is 24.2. The topological polar surface area (TPSA) is 91.8 Å². The van der Waals surface area contributed by atoms with Crippen LogP contribution in [0.15, 0.2) is 60.7 Å². The maximum atomic E-state index is 13.0. The number of nitrogens with zero attached hydrogens (tertiary/aromatic N) is 1. The Morgan fingerprint density at radius 2 is 1.50 bits per heavy atom. The van der Waals surface area contributed by atoms with Gasteiger partial charge in [-0.25, -0.2) is 8.42 Å². The lowest BCUT2D eigenvalue weighted by Crippen LogP contribution is -2.41. The standard InChI is InChI=1S/C26H27NO5S2/c1-27(2)25(30)21-11-7-19(8-12-21)18-5-9-20(10-6-18)22-13-14-23(33-22)26(17-24(28)29)15-3-4-16-34(26,31)32/h5-14H,3-4,15-17H2,1-2H3,(H,28,29)/t26-/m0/s1. The smallest absolute Gasteiger partial charge is 0.305 e. The van der Waals surface area contributed by atoms with Gasteiger partial charge in [-0.3, -0.25) is 9.59 Å². The molecule has 0 unspecified atom stereocenters. The zero-order valence-electron chi connectivity index (χ0n) is 19.2. The van der Waals surface area contributed by atoms with Gasteiger partial charge < -0.3 is 10.0 Å². The summed E-state index contributed by atoms with van der Waals surface area (Å²) in [5, 5.41) is 9.48. The number of carbonyl (C=O) groups is 2. The summed E-state index contributed by atoms with van der Waals surface area (Å²) in [4.78, 5) is 26.7. The van der Waals surface area contributed by atoms with Gasteiger partial charge >= 0.3 is 5.97 Å². The van der Waals surface area contributed by atoms with Crippen LogP contribution in [-0.2, 0) is 19.4 Å². The minimum atomic E-state index is -3.56. The van der Waals surface area contributed by atoms with E-state index < -0.39 is 27.0 Å². The lowest BCUT2D eigenvalue weighted by Gasteiger charge is -2.34. The molecule has 34 heavy (non-hydrogen) atoms. The molecule has 0 spiro atoms. The lowest BCUT2D eigenvalue weighted by molar-refractivity contribution is -0.137. The molecule has 1 fully saturated rings. The van der Waals surface area contributed by atoms with Crippen LogP contribution in [0.3, 0.4) is 0 Å². The van der Waals surface area contributed by atoms with Crippen LogP contribution in [0.1, 0.15) is 40.9 Å². The van der Waals surface area contributed by atoms with Gasteiger partial charge in [-0.2, -0.15) is 0 Å². The molecule has 6 nitrogen and oxygen atoms in total. The Morgan fingerprint density at radius 3 is 2.06 bits per heavy atom. The van der Waals surface area contributed by atoms with Crippen molar-refractivity contribution in [3.63, 3.8) is 0 Å². The lowest BCUT2D eigenvalue weighted by atomic mass is 9.95. The highest BCUT2D eigenvalue weighted by molar-refractivity contribution is 7.92. The van der Waals surface area contributed by atoms with Crippen LogP contribution < -0.4 is 0 Å². The molecule has 178 valence electrons. The zero-order chi connectivity index (χ0) is 24.5. The van der Waals surface area contributed by atoms with E-state index in [0.717, 1.165) is 21.6 Å². The Hall–Kier alpha value is -2.97. The SMILES string of the molecule is CN(C)C(=O)c1ccc(-c2ccc(-c3ccc([C@@]4(CC(=O)O)CCCCS4(=O)=O)s3)cc2)cc1. The molecule has 4 rings (SSSR count). The molecule has 1 atom stereocenters. The number of rotatable bonds is 6. The van der Waals surface area contributed by atoms with Crippen molar-refractivity contribution < 1.29 is 23.1 Å². The Bertz CT molecular complexity index is 1310. The van der Waals surface area contributed by atoms with E-state index in [2.05, 4.69) is 0 Å². The molecule has 0 saturated carbocycles. The van der Waals surface area contributed by atoms with Crippen LogP contribution >= 0.6 is 11.3 Å². The van der Waals surface area contributed by atoms with Gasteiger partial charge in [-0.15, -0.1) is 11.3 Å². The number of carboxylic acid groups (broad SMARTS) is 1. The summed E-state index contributed by atoms with van der Waals surface area (Å²) < 4.78 is 24.7. The highest BCUT2D eigenvalue weighted by Gasteiger charge is 2.49. The van der Waals surface area contributed by atoms with E-state index in [1.54, 1.807) is 20.2 Å². The third kappa shape index (κ3) is 4.52. The van der Waals surface area contributed by atoms with Crippen molar-refractivity contribution in [3.8, 4) is 21.6 Å². The van der Waals surface area contributed by atoms with E-state index in [0.29, 0.717) is 29.7 Å². The van der Waals surface area contributed by atoms with Crippen molar-refractivity contribution >= 4 is 33.1 Å². The van der Waals surface area contributed by atoms with Gasteiger partial charge in [-0.05, 0) is 53.8 Å². The fourth-order valence-electron chi connectivity index (χ4n) is 4.49. The first-order valence-corrected chi connectivity index (χ1v) is 13.6. The summed E-state index contributed by atoms with van der Waals surface area (Å²) in [7, 11) is -0.117. The van der Waals surface area contributed by atoms with Gasteiger partial charge in [0.05, 0.1) is 12.2 Å².